The number of benzene rings is 3. The summed E-state index contributed by atoms with van der Waals surface area (Å²) < 4.78 is 0. The Kier molecular flexibility index (Phi) is 4.44. The molecule has 0 unspecified atom stereocenters. The van der Waals surface area contributed by atoms with Gasteiger partial charge in [0.25, 0.3) is 5.69 Å². The molecule has 0 spiro atoms. The van der Waals surface area contributed by atoms with E-state index in [0.717, 1.165) is 16.8 Å². The number of nitro benzene ring substituents is 1. The summed E-state index contributed by atoms with van der Waals surface area (Å²) in [6.45, 7) is 0. The Hall–Kier alpha value is -3.44. The van der Waals surface area contributed by atoms with E-state index in [1.165, 1.54) is 6.07 Å². The summed E-state index contributed by atoms with van der Waals surface area (Å²) in [6.07, 6.45) is 0. The van der Waals surface area contributed by atoms with Gasteiger partial charge in [0.2, 0.25) is 0 Å². The van der Waals surface area contributed by atoms with Crippen LogP contribution in [0.2, 0.25) is 5.02 Å². The molecule has 0 fully saturated rings. The van der Waals surface area contributed by atoms with Crippen molar-refractivity contribution in [3.05, 3.63) is 94.0 Å². The fraction of sp³-hybridized carbons (Fsp3) is 0. The van der Waals surface area contributed by atoms with E-state index in [4.69, 9.17) is 16.6 Å². The maximum Gasteiger partial charge on any atom is 0.280 e. The van der Waals surface area contributed by atoms with Crippen LogP contribution in [0.4, 0.5) is 5.69 Å². The Bertz CT molecular complexity index is 1120. The van der Waals surface area contributed by atoms with Gasteiger partial charge in [-0.25, -0.2) is 4.98 Å². The van der Waals surface area contributed by atoms with Crippen molar-refractivity contribution in [1.82, 2.24) is 9.97 Å². The Morgan fingerprint density at radius 3 is 2.33 bits per heavy atom. The number of hydrogen-bond donors (Lipinski definition) is 1. The molecule has 1 N–H and O–H groups in total. The van der Waals surface area contributed by atoms with Gasteiger partial charge in [-0.1, -0.05) is 66.2 Å². The normalized spacial score (nSPS) is 10.7. The standard InChI is InChI=1S/C21H14ClN3O2/c22-16-10-6-9-15(13-16)20-19(14-7-2-1-3-8-14)23-21(24-20)17-11-4-5-12-18(17)25(26)27/h1-13H,(H,23,24). The minimum absolute atomic E-state index is 0.00325. The molecule has 0 radical (unpaired) electrons. The van der Waals surface area contributed by atoms with Crippen molar-refractivity contribution in [3.63, 3.8) is 0 Å². The number of H-pyrrole nitrogens is 1. The van der Waals surface area contributed by atoms with Gasteiger partial charge in [-0.05, 0) is 18.2 Å². The van der Waals surface area contributed by atoms with Crippen LogP contribution in [0.15, 0.2) is 78.9 Å². The predicted octanol–water partition coefficient (Wildman–Crippen LogP) is 5.97. The third kappa shape index (κ3) is 3.32. The number of aromatic amines is 1. The van der Waals surface area contributed by atoms with Crippen LogP contribution in [-0.2, 0) is 0 Å². The lowest BCUT2D eigenvalue weighted by Crippen LogP contribution is -1.92. The van der Waals surface area contributed by atoms with Crippen molar-refractivity contribution >= 4 is 17.3 Å². The number of rotatable bonds is 4. The second-order valence-electron chi connectivity index (χ2n) is 5.96. The zero-order valence-corrected chi connectivity index (χ0v) is 14.9. The van der Waals surface area contributed by atoms with Gasteiger partial charge in [-0.15, -0.1) is 0 Å². The van der Waals surface area contributed by atoms with E-state index in [2.05, 4.69) is 4.98 Å². The molecule has 0 saturated heterocycles. The lowest BCUT2D eigenvalue weighted by molar-refractivity contribution is -0.384. The summed E-state index contributed by atoms with van der Waals surface area (Å²) in [4.78, 5) is 19.0. The molecular formula is C21H14ClN3O2. The maximum absolute atomic E-state index is 11.4. The number of nitrogens with zero attached hydrogens (tertiary/aromatic N) is 2. The number of nitrogens with one attached hydrogen (secondary N) is 1. The van der Waals surface area contributed by atoms with Crippen molar-refractivity contribution < 1.29 is 4.92 Å². The molecule has 0 aliphatic carbocycles. The van der Waals surface area contributed by atoms with E-state index in [9.17, 15) is 10.1 Å². The Balaban J connectivity index is 1.95. The Morgan fingerprint density at radius 2 is 1.59 bits per heavy atom. The number of aromatic nitrogens is 2. The van der Waals surface area contributed by atoms with Gasteiger partial charge in [-0.2, -0.15) is 0 Å². The van der Waals surface area contributed by atoms with Crippen LogP contribution in [0.1, 0.15) is 0 Å². The lowest BCUT2D eigenvalue weighted by Gasteiger charge is -2.03. The first-order valence-electron chi connectivity index (χ1n) is 8.28. The Morgan fingerprint density at radius 1 is 0.889 bits per heavy atom. The molecule has 0 amide bonds. The van der Waals surface area contributed by atoms with Crippen molar-refractivity contribution in [2.24, 2.45) is 0 Å². The molecule has 1 aromatic heterocycles. The second kappa shape index (κ2) is 7.05. The van der Waals surface area contributed by atoms with Gasteiger partial charge < -0.3 is 4.98 Å². The monoisotopic (exact) mass is 375 g/mol. The summed E-state index contributed by atoms with van der Waals surface area (Å²) in [5, 5.41) is 12.0. The van der Waals surface area contributed by atoms with E-state index >= 15 is 0 Å². The molecule has 0 saturated carbocycles. The SMILES string of the molecule is O=[N+]([O-])c1ccccc1-c1nc(-c2cccc(Cl)c2)c(-c2ccccc2)[nH]1. The van der Waals surface area contributed by atoms with Gasteiger partial charge in [0.1, 0.15) is 5.82 Å². The molecule has 5 nitrogen and oxygen atoms in total. The molecule has 3 aromatic carbocycles. The van der Waals surface area contributed by atoms with Crippen LogP contribution in [0.3, 0.4) is 0 Å². The van der Waals surface area contributed by atoms with Gasteiger partial charge >= 0.3 is 0 Å². The van der Waals surface area contributed by atoms with E-state index in [0.29, 0.717) is 22.1 Å². The largest absolute Gasteiger partial charge is 0.337 e. The highest BCUT2D eigenvalue weighted by Crippen LogP contribution is 2.36. The maximum atomic E-state index is 11.4. The minimum atomic E-state index is -0.404. The van der Waals surface area contributed by atoms with E-state index in [1.807, 2.05) is 48.5 Å². The fourth-order valence-electron chi connectivity index (χ4n) is 2.99. The highest BCUT2D eigenvalue weighted by atomic mass is 35.5. The molecule has 4 rings (SSSR count). The van der Waals surface area contributed by atoms with Crippen molar-refractivity contribution in [3.8, 4) is 33.9 Å². The first-order chi connectivity index (χ1) is 13.1. The molecule has 0 aliphatic rings. The molecule has 4 aromatic rings. The van der Waals surface area contributed by atoms with Gasteiger partial charge in [0, 0.05) is 22.2 Å². The summed E-state index contributed by atoms with van der Waals surface area (Å²) in [6, 6.07) is 23.7. The number of para-hydroxylation sites is 1. The van der Waals surface area contributed by atoms with Crippen LogP contribution >= 0.6 is 11.6 Å². The van der Waals surface area contributed by atoms with Gasteiger partial charge in [-0.3, -0.25) is 10.1 Å². The first-order valence-corrected chi connectivity index (χ1v) is 8.66. The molecule has 0 aliphatic heterocycles. The summed E-state index contributed by atoms with van der Waals surface area (Å²) >= 11 is 6.16. The van der Waals surface area contributed by atoms with Crippen LogP contribution in [0, 0.1) is 10.1 Å². The van der Waals surface area contributed by atoms with Crippen LogP contribution < -0.4 is 0 Å². The lowest BCUT2D eigenvalue weighted by atomic mass is 10.1. The van der Waals surface area contributed by atoms with Crippen molar-refractivity contribution in [2.45, 2.75) is 0 Å². The third-order valence-corrected chi connectivity index (χ3v) is 4.46. The third-order valence-electron chi connectivity index (χ3n) is 4.22. The highest BCUT2D eigenvalue weighted by Gasteiger charge is 2.21. The number of hydrogen-bond acceptors (Lipinski definition) is 3. The van der Waals surface area contributed by atoms with Gasteiger partial charge in [0.05, 0.1) is 21.9 Å². The quantitative estimate of drug-likeness (QED) is 0.352. The topological polar surface area (TPSA) is 71.8 Å². The number of halogens is 1. The molecule has 1 heterocycles. The van der Waals surface area contributed by atoms with Crippen molar-refractivity contribution in [1.29, 1.82) is 0 Å². The average Bonchev–Trinajstić information content (AvgIpc) is 3.14. The Labute approximate surface area is 160 Å². The van der Waals surface area contributed by atoms with E-state index in [-0.39, 0.29) is 5.69 Å². The summed E-state index contributed by atoms with van der Waals surface area (Å²) in [7, 11) is 0. The highest BCUT2D eigenvalue weighted by molar-refractivity contribution is 6.30. The van der Waals surface area contributed by atoms with E-state index < -0.39 is 4.92 Å². The van der Waals surface area contributed by atoms with E-state index in [1.54, 1.807) is 24.3 Å². The number of nitro groups is 1. The molecule has 27 heavy (non-hydrogen) atoms. The molecular weight excluding hydrogens is 362 g/mol. The van der Waals surface area contributed by atoms with Crippen LogP contribution in [-0.4, -0.2) is 14.9 Å². The fourth-order valence-corrected chi connectivity index (χ4v) is 3.18. The molecule has 132 valence electrons. The van der Waals surface area contributed by atoms with Crippen molar-refractivity contribution in [2.75, 3.05) is 0 Å². The first kappa shape index (κ1) is 17.0. The molecule has 6 heteroatoms. The van der Waals surface area contributed by atoms with Gasteiger partial charge in [0.15, 0.2) is 0 Å². The van der Waals surface area contributed by atoms with Crippen LogP contribution in [0.25, 0.3) is 33.9 Å². The predicted molar refractivity (Wildman–Crippen MR) is 107 cm³/mol. The zero-order chi connectivity index (χ0) is 18.8. The summed E-state index contributed by atoms with van der Waals surface area (Å²) in [5.41, 5.74) is 3.69. The van der Waals surface area contributed by atoms with Crippen LogP contribution in [0.5, 0.6) is 0 Å². The molecule has 0 bridgehead atoms. The second-order valence-corrected chi connectivity index (χ2v) is 6.40. The summed E-state index contributed by atoms with van der Waals surface area (Å²) in [5.74, 6) is 0.441. The minimum Gasteiger partial charge on any atom is -0.337 e. The smallest absolute Gasteiger partial charge is 0.280 e. The average molecular weight is 376 g/mol. The number of imidazole rings is 1. The zero-order valence-electron chi connectivity index (χ0n) is 14.1. The molecule has 0 atom stereocenters.